The van der Waals surface area contributed by atoms with Crippen LogP contribution in [0.2, 0.25) is 10.0 Å². The minimum Gasteiger partial charge on any atom is -0.392 e. The molecule has 1 unspecified atom stereocenters. The van der Waals surface area contributed by atoms with Crippen LogP contribution in [0.25, 0.3) is 0 Å². The molecule has 0 radical (unpaired) electrons. The third-order valence-corrected chi connectivity index (χ3v) is 5.58. The molecule has 2 rings (SSSR count). The molecule has 1 atom stereocenters. The van der Waals surface area contributed by atoms with E-state index in [-0.39, 0.29) is 33.0 Å². The lowest BCUT2D eigenvalue weighted by Crippen LogP contribution is -2.33. The highest BCUT2D eigenvalue weighted by atomic mass is 35.5. The first-order valence-corrected chi connectivity index (χ1v) is 8.84. The first-order chi connectivity index (χ1) is 9.94. The zero-order chi connectivity index (χ0) is 15.5. The molecule has 1 aliphatic rings. The van der Waals surface area contributed by atoms with Crippen molar-refractivity contribution in [2.45, 2.75) is 24.3 Å². The van der Waals surface area contributed by atoms with E-state index in [1.807, 2.05) is 0 Å². The third kappa shape index (κ3) is 4.31. The lowest BCUT2D eigenvalue weighted by Gasteiger charge is -2.22. The SMILES string of the molecule is O=S(=O)(NCC1CCCOC1)c1cc(Cl)cc(CO)c1Cl. The molecular weight excluding hydrogens is 337 g/mol. The van der Waals surface area contributed by atoms with Crippen LogP contribution in [0.15, 0.2) is 17.0 Å². The Bertz CT molecular complexity index is 600. The summed E-state index contributed by atoms with van der Waals surface area (Å²) in [5.74, 6) is 0.156. The average Bonchev–Trinajstić information content (AvgIpc) is 2.48. The lowest BCUT2D eigenvalue weighted by atomic mass is 10.0. The molecule has 0 aromatic heterocycles. The van der Waals surface area contributed by atoms with Crippen molar-refractivity contribution in [2.24, 2.45) is 5.92 Å². The van der Waals surface area contributed by atoms with Crippen LogP contribution >= 0.6 is 23.2 Å². The van der Waals surface area contributed by atoms with E-state index in [4.69, 9.17) is 27.9 Å². The van der Waals surface area contributed by atoms with E-state index < -0.39 is 10.0 Å². The van der Waals surface area contributed by atoms with Gasteiger partial charge in [-0.15, -0.1) is 0 Å². The zero-order valence-corrected chi connectivity index (χ0v) is 13.6. The molecule has 8 heteroatoms. The van der Waals surface area contributed by atoms with Crippen molar-refractivity contribution < 1.29 is 18.3 Å². The molecule has 0 bridgehead atoms. The molecule has 2 N–H and O–H groups in total. The smallest absolute Gasteiger partial charge is 0.242 e. The fourth-order valence-electron chi connectivity index (χ4n) is 2.20. The minimum atomic E-state index is -3.78. The summed E-state index contributed by atoms with van der Waals surface area (Å²) < 4.78 is 32.5. The summed E-state index contributed by atoms with van der Waals surface area (Å²) in [5.41, 5.74) is 0.283. The van der Waals surface area contributed by atoms with Gasteiger partial charge in [0, 0.05) is 18.2 Å². The van der Waals surface area contributed by atoms with Gasteiger partial charge >= 0.3 is 0 Å². The number of sulfonamides is 1. The molecule has 0 saturated carbocycles. The number of benzene rings is 1. The quantitative estimate of drug-likeness (QED) is 0.850. The topological polar surface area (TPSA) is 75.6 Å². The standard InChI is InChI=1S/C13H17Cl2NO4S/c14-11-4-10(7-17)13(15)12(5-11)21(18,19)16-6-9-2-1-3-20-8-9/h4-5,9,16-17H,1-3,6-8H2. The second kappa shape index (κ2) is 7.26. The molecule has 1 aromatic carbocycles. The van der Waals surface area contributed by atoms with Gasteiger partial charge in [-0.1, -0.05) is 23.2 Å². The Hall–Kier alpha value is -0.370. The van der Waals surface area contributed by atoms with Gasteiger partial charge in [-0.2, -0.15) is 0 Å². The number of rotatable bonds is 5. The second-order valence-electron chi connectivity index (χ2n) is 4.97. The van der Waals surface area contributed by atoms with Gasteiger partial charge in [0.25, 0.3) is 0 Å². The van der Waals surface area contributed by atoms with Gasteiger partial charge < -0.3 is 9.84 Å². The molecule has 0 aliphatic carbocycles. The Kier molecular flexibility index (Phi) is 5.88. The second-order valence-corrected chi connectivity index (χ2v) is 7.52. The van der Waals surface area contributed by atoms with E-state index in [1.165, 1.54) is 12.1 Å². The Labute approximate surface area is 134 Å². The Balaban J connectivity index is 2.17. The summed E-state index contributed by atoms with van der Waals surface area (Å²) in [6.07, 6.45) is 1.85. The lowest BCUT2D eigenvalue weighted by molar-refractivity contribution is 0.0568. The van der Waals surface area contributed by atoms with Crippen LogP contribution in [0.5, 0.6) is 0 Å². The van der Waals surface area contributed by atoms with Crippen molar-refractivity contribution in [3.05, 3.63) is 27.7 Å². The predicted molar refractivity (Wildman–Crippen MR) is 81.1 cm³/mol. The van der Waals surface area contributed by atoms with E-state index in [0.29, 0.717) is 13.2 Å². The number of aliphatic hydroxyl groups is 1. The van der Waals surface area contributed by atoms with Crippen molar-refractivity contribution in [3.63, 3.8) is 0 Å². The van der Waals surface area contributed by atoms with E-state index in [0.717, 1.165) is 19.4 Å². The third-order valence-electron chi connectivity index (χ3n) is 3.36. The maximum absolute atomic E-state index is 12.3. The van der Waals surface area contributed by atoms with Crippen molar-refractivity contribution in [2.75, 3.05) is 19.8 Å². The summed E-state index contributed by atoms with van der Waals surface area (Å²) >= 11 is 11.9. The summed E-state index contributed by atoms with van der Waals surface area (Å²) in [6, 6.07) is 2.72. The van der Waals surface area contributed by atoms with Gasteiger partial charge in [0.15, 0.2) is 0 Å². The zero-order valence-electron chi connectivity index (χ0n) is 11.3. The maximum atomic E-state index is 12.3. The fraction of sp³-hybridized carbons (Fsp3) is 0.538. The van der Waals surface area contributed by atoms with Gasteiger partial charge in [0.2, 0.25) is 10.0 Å². The van der Waals surface area contributed by atoms with Crippen molar-refractivity contribution in [3.8, 4) is 0 Å². The van der Waals surface area contributed by atoms with Gasteiger partial charge in [-0.25, -0.2) is 13.1 Å². The Morgan fingerprint density at radius 2 is 2.14 bits per heavy atom. The summed E-state index contributed by atoms with van der Waals surface area (Å²) in [7, 11) is -3.78. The molecule has 21 heavy (non-hydrogen) atoms. The highest BCUT2D eigenvalue weighted by Gasteiger charge is 2.23. The summed E-state index contributed by atoms with van der Waals surface area (Å²) in [6.45, 7) is 1.19. The number of aliphatic hydroxyl groups excluding tert-OH is 1. The number of hydrogen-bond donors (Lipinski definition) is 2. The molecule has 1 fully saturated rings. The number of ether oxygens (including phenoxy) is 1. The largest absolute Gasteiger partial charge is 0.392 e. The maximum Gasteiger partial charge on any atom is 0.242 e. The first kappa shape index (κ1) is 17.0. The number of halogens is 2. The van der Waals surface area contributed by atoms with Crippen molar-refractivity contribution in [1.29, 1.82) is 0 Å². The highest BCUT2D eigenvalue weighted by molar-refractivity contribution is 7.89. The van der Waals surface area contributed by atoms with Crippen molar-refractivity contribution >= 4 is 33.2 Å². The molecule has 0 spiro atoms. The molecule has 118 valence electrons. The van der Waals surface area contributed by atoms with Crippen LogP contribution in [0.3, 0.4) is 0 Å². The van der Waals surface area contributed by atoms with Gasteiger partial charge in [0.05, 0.1) is 18.2 Å². The Morgan fingerprint density at radius 1 is 1.38 bits per heavy atom. The molecule has 0 amide bonds. The summed E-state index contributed by atoms with van der Waals surface area (Å²) in [4.78, 5) is -0.113. The van der Waals surface area contributed by atoms with E-state index in [9.17, 15) is 13.5 Å². The van der Waals surface area contributed by atoms with E-state index in [2.05, 4.69) is 4.72 Å². The van der Waals surface area contributed by atoms with Gasteiger partial charge in [-0.3, -0.25) is 0 Å². The average molecular weight is 354 g/mol. The van der Waals surface area contributed by atoms with Gasteiger partial charge in [0.1, 0.15) is 4.90 Å². The highest BCUT2D eigenvalue weighted by Crippen LogP contribution is 2.29. The molecule has 1 aromatic rings. The van der Waals surface area contributed by atoms with Crippen LogP contribution in [0.4, 0.5) is 0 Å². The number of nitrogens with one attached hydrogen (secondary N) is 1. The normalized spacial score (nSPS) is 19.7. The van der Waals surface area contributed by atoms with Crippen LogP contribution in [0, 0.1) is 5.92 Å². The Morgan fingerprint density at radius 3 is 2.76 bits per heavy atom. The van der Waals surface area contributed by atoms with Crippen LogP contribution in [-0.2, 0) is 21.4 Å². The molecular formula is C13H17Cl2NO4S. The van der Waals surface area contributed by atoms with Crippen LogP contribution < -0.4 is 4.72 Å². The minimum absolute atomic E-state index is 0.00528. The monoisotopic (exact) mass is 353 g/mol. The molecule has 1 aliphatic heterocycles. The first-order valence-electron chi connectivity index (χ1n) is 6.60. The molecule has 5 nitrogen and oxygen atoms in total. The van der Waals surface area contributed by atoms with E-state index >= 15 is 0 Å². The van der Waals surface area contributed by atoms with Crippen molar-refractivity contribution in [1.82, 2.24) is 4.72 Å². The van der Waals surface area contributed by atoms with E-state index in [1.54, 1.807) is 0 Å². The van der Waals surface area contributed by atoms with Crippen LogP contribution in [-0.4, -0.2) is 33.3 Å². The van der Waals surface area contributed by atoms with Crippen LogP contribution in [0.1, 0.15) is 18.4 Å². The van der Waals surface area contributed by atoms with Gasteiger partial charge in [-0.05, 0) is 36.5 Å². The predicted octanol–water partition coefficient (Wildman–Crippen LogP) is 2.19. The summed E-state index contributed by atoms with van der Waals surface area (Å²) in [5, 5.41) is 9.40. The number of hydrogen-bond acceptors (Lipinski definition) is 4. The molecule has 1 saturated heterocycles. The molecule has 1 heterocycles. The fourth-order valence-corrected chi connectivity index (χ4v) is 4.24.